The Kier molecular flexibility index (Phi) is 4.74. The van der Waals surface area contributed by atoms with E-state index >= 15 is 0 Å². The fourth-order valence-electron chi connectivity index (χ4n) is 3.14. The van der Waals surface area contributed by atoms with Crippen molar-refractivity contribution in [2.75, 3.05) is 14.1 Å². The monoisotopic (exact) mass is 307 g/mol. The Labute approximate surface area is 132 Å². The molecule has 1 aliphatic carbocycles. The Bertz CT molecular complexity index is 595. The third-order valence-electron chi connectivity index (χ3n) is 4.06. The highest BCUT2D eigenvalue weighted by Crippen LogP contribution is 2.46. The lowest BCUT2D eigenvalue weighted by molar-refractivity contribution is 0.293. The molecule has 0 N–H and O–H groups in total. The van der Waals surface area contributed by atoms with Crippen LogP contribution in [0.5, 0.6) is 0 Å². The average molecular weight is 308 g/mol. The van der Waals surface area contributed by atoms with Gasteiger partial charge < -0.3 is 4.90 Å². The van der Waals surface area contributed by atoms with Gasteiger partial charge in [0.1, 0.15) is 0 Å². The highest BCUT2D eigenvalue weighted by Gasteiger charge is 2.32. The summed E-state index contributed by atoms with van der Waals surface area (Å²) in [5.41, 5.74) is 4.23. The molecule has 106 valence electrons. The first-order chi connectivity index (χ1) is 9.16. The molecule has 3 rings (SSSR count). The zero-order chi connectivity index (χ0) is 13.4. The smallest absolute Gasteiger partial charge is 0.0408 e. The largest absolute Gasteiger partial charge is 0.302 e. The molecule has 0 fully saturated rings. The lowest BCUT2D eigenvalue weighted by atomic mass is 9.93. The number of nitrogens with zero attached hydrogens (tertiary/aromatic N) is 1. The van der Waals surface area contributed by atoms with Crippen molar-refractivity contribution in [1.29, 1.82) is 0 Å². The second kappa shape index (κ2) is 6.17. The van der Waals surface area contributed by atoms with Gasteiger partial charge in [0.15, 0.2) is 0 Å². The number of fused-ring (bicyclic) bond motifs is 1. The molecular formula is C17H19Cl2N. The summed E-state index contributed by atoms with van der Waals surface area (Å²) in [6.07, 6.45) is 1.13. The van der Waals surface area contributed by atoms with Gasteiger partial charge >= 0.3 is 0 Å². The van der Waals surface area contributed by atoms with Crippen LogP contribution in [-0.2, 0) is 0 Å². The van der Waals surface area contributed by atoms with Gasteiger partial charge in [-0.3, -0.25) is 0 Å². The average Bonchev–Trinajstić information content (AvgIpc) is 2.78. The Morgan fingerprint density at radius 3 is 2.35 bits per heavy atom. The van der Waals surface area contributed by atoms with E-state index in [1.54, 1.807) is 0 Å². The molecule has 1 nitrogen and oxygen atoms in total. The third kappa shape index (κ3) is 2.71. The maximum Gasteiger partial charge on any atom is 0.0408 e. The summed E-state index contributed by atoms with van der Waals surface area (Å²) in [5.74, 6) is 0.460. The van der Waals surface area contributed by atoms with E-state index in [1.165, 1.54) is 16.7 Å². The van der Waals surface area contributed by atoms with E-state index < -0.39 is 0 Å². The minimum atomic E-state index is 0. The van der Waals surface area contributed by atoms with Crippen molar-refractivity contribution in [2.45, 2.75) is 18.4 Å². The van der Waals surface area contributed by atoms with Crippen LogP contribution in [0.25, 0.3) is 0 Å². The van der Waals surface area contributed by atoms with Crippen LogP contribution < -0.4 is 0 Å². The van der Waals surface area contributed by atoms with Crippen molar-refractivity contribution >= 4 is 24.0 Å². The minimum absolute atomic E-state index is 0. The van der Waals surface area contributed by atoms with Crippen molar-refractivity contribution in [2.24, 2.45) is 0 Å². The fraction of sp³-hybridized carbons (Fsp3) is 0.294. The van der Waals surface area contributed by atoms with Crippen LogP contribution in [-0.4, -0.2) is 19.0 Å². The predicted molar refractivity (Wildman–Crippen MR) is 88.0 cm³/mol. The second-order valence-corrected chi connectivity index (χ2v) is 5.89. The molecule has 0 bridgehead atoms. The van der Waals surface area contributed by atoms with Gasteiger partial charge in [-0.1, -0.05) is 48.0 Å². The zero-order valence-electron chi connectivity index (χ0n) is 11.7. The molecule has 0 aromatic heterocycles. The summed E-state index contributed by atoms with van der Waals surface area (Å²) in [6, 6.07) is 17.5. The van der Waals surface area contributed by atoms with Gasteiger partial charge in [0.25, 0.3) is 0 Å². The van der Waals surface area contributed by atoms with Crippen LogP contribution in [0.3, 0.4) is 0 Å². The van der Waals surface area contributed by atoms with Crippen LogP contribution in [0.4, 0.5) is 0 Å². The fourth-order valence-corrected chi connectivity index (χ4v) is 3.34. The van der Waals surface area contributed by atoms with Gasteiger partial charge in [-0.2, -0.15) is 0 Å². The highest BCUT2D eigenvalue weighted by atomic mass is 35.5. The van der Waals surface area contributed by atoms with E-state index in [0.29, 0.717) is 12.0 Å². The second-order valence-electron chi connectivity index (χ2n) is 5.45. The van der Waals surface area contributed by atoms with Gasteiger partial charge in [-0.15, -0.1) is 12.4 Å². The van der Waals surface area contributed by atoms with Gasteiger partial charge in [-0.25, -0.2) is 0 Å². The Morgan fingerprint density at radius 2 is 1.70 bits per heavy atom. The van der Waals surface area contributed by atoms with Gasteiger partial charge in [0, 0.05) is 17.0 Å². The molecule has 0 radical (unpaired) electrons. The minimum Gasteiger partial charge on any atom is -0.302 e. The summed E-state index contributed by atoms with van der Waals surface area (Å²) >= 11 is 6.14. The van der Waals surface area contributed by atoms with E-state index in [1.807, 2.05) is 12.1 Å². The molecule has 0 saturated carbocycles. The highest BCUT2D eigenvalue weighted by molar-refractivity contribution is 6.30. The molecule has 0 saturated heterocycles. The molecule has 0 amide bonds. The molecule has 2 aromatic carbocycles. The predicted octanol–water partition coefficient (Wildman–Crippen LogP) is 4.90. The Morgan fingerprint density at radius 1 is 1.00 bits per heavy atom. The number of halogens is 2. The summed E-state index contributed by atoms with van der Waals surface area (Å²) in [7, 11) is 4.31. The first-order valence-electron chi connectivity index (χ1n) is 6.67. The van der Waals surface area contributed by atoms with E-state index in [9.17, 15) is 0 Å². The van der Waals surface area contributed by atoms with E-state index in [2.05, 4.69) is 55.4 Å². The SMILES string of the molecule is CN(C)C1CC(c2cccc(Cl)c2)c2ccccc21.Cl. The maximum absolute atomic E-state index is 6.14. The van der Waals surface area contributed by atoms with Crippen molar-refractivity contribution in [3.63, 3.8) is 0 Å². The lowest BCUT2D eigenvalue weighted by Gasteiger charge is -2.20. The molecule has 1 aliphatic rings. The van der Waals surface area contributed by atoms with Crippen LogP contribution in [0.2, 0.25) is 5.02 Å². The number of hydrogen-bond donors (Lipinski definition) is 0. The van der Waals surface area contributed by atoms with Gasteiger partial charge in [0.05, 0.1) is 0 Å². The Hall–Kier alpha value is -1.02. The van der Waals surface area contributed by atoms with Gasteiger partial charge in [-0.05, 0) is 49.3 Å². The molecule has 0 heterocycles. The number of benzene rings is 2. The summed E-state index contributed by atoms with van der Waals surface area (Å²) in [4.78, 5) is 2.31. The normalized spacial score (nSPS) is 20.6. The number of rotatable bonds is 2. The molecule has 2 atom stereocenters. The van der Waals surface area contributed by atoms with E-state index in [-0.39, 0.29) is 12.4 Å². The quantitative estimate of drug-likeness (QED) is 0.762. The topological polar surface area (TPSA) is 3.24 Å². The standard InChI is InChI=1S/C17H18ClN.ClH/c1-19(2)17-11-16(12-6-5-7-13(18)10-12)14-8-3-4-9-15(14)17;/h3-10,16-17H,11H2,1-2H3;1H. The van der Waals surface area contributed by atoms with Crippen LogP contribution in [0.15, 0.2) is 48.5 Å². The van der Waals surface area contributed by atoms with Crippen molar-refractivity contribution < 1.29 is 0 Å². The van der Waals surface area contributed by atoms with Gasteiger partial charge in [0.2, 0.25) is 0 Å². The molecular weight excluding hydrogens is 289 g/mol. The lowest BCUT2D eigenvalue weighted by Crippen LogP contribution is -2.17. The third-order valence-corrected chi connectivity index (χ3v) is 4.30. The first-order valence-corrected chi connectivity index (χ1v) is 7.05. The molecule has 2 aromatic rings. The summed E-state index contributed by atoms with van der Waals surface area (Å²) in [5, 5.41) is 0.822. The molecule has 3 heteroatoms. The summed E-state index contributed by atoms with van der Waals surface area (Å²) < 4.78 is 0. The molecule has 20 heavy (non-hydrogen) atoms. The van der Waals surface area contributed by atoms with Crippen LogP contribution in [0.1, 0.15) is 35.1 Å². The Balaban J connectivity index is 0.00000147. The van der Waals surface area contributed by atoms with Crippen molar-refractivity contribution in [3.05, 3.63) is 70.2 Å². The zero-order valence-corrected chi connectivity index (χ0v) is 13.3. The maximum atomic E-state index is 6.14. The van der Waals surface area contributed by atoms with Crippen LogP contribution in [0, 0.1) is 0 Å². The molecule has 0 aliphatic heterocycles. The first kappa shape index (κ1) is 15.4. The summed E-state index contributed by atoms with van der Waals surface area (Å²) in [6.45, 7) is 0. The number of hydrogen-bond acceptors (Lipinski definition) is 1. The van der Waals surface area contributed by atoms with Crippen LogP contribution >= 0.6 is 24.0 Å². The van der Waals surface area contributed by atoms with Crippen molar-refractivity contribution in [1.82, 2.24) is 4.90 Å². The van der Waals surface area contributed by atoms with E-state index in [4.69, 9.17) is 11.6 Å². The molecule has 2 unspecified atom stereocenters. The van der Waals surface area contributed by atoms with E-state index in [0.717, 1.165) is 11.4 Å². The van der Waals surface area contributed by atoms with Crippen molar-refractivity contribution in [3.8, 4) is 0 Å². The molecule has 0 spiro atoms.